The zero-order chi connectivity index (χ0) is 50.2. The molecule has 2 aliphatic heterocycles. The molecule has 76 heavy (non-hydrogen) atoms. The van der Waals surface area contributed by atoms with Crippen molar-refractivity contribution in [2.75, 3.05) is 4.90 Å². The summed E-state index contributed by atoms with van der Waals surface area (Å²) >= 11 is 0. The van der Waals surface area contributed by atoms with Crippen LogP contribution in [0.2, 0.25) is 0 Å². The number of hydrogen-bond donors (Lipinski definition) is 0. The van der Waals surface area contributed by atoms with Crippen LogP contribution in [-0.2, 0) is 5.41 Å². The fraction of sp³-hybridized carbons (Fsp3) is 0.0137. The molecule has 3 heteroatoms. The highest BCUT2D eigenvalue weighted by Crippen LogP contribution is 2.58. The van der Waals surface area contributed by atoms with E-state index < -0.39 is 5.41 Å². The molecule has 0 aromatic heterocycles. The van der Waals surface area contributed by atoms with E-state index in [0.29, 0.717) is 0 Å². The van der Waals surface area contributed by atoms with Gasteiger partial charge in [-0.1, -0.05) is 255 Å². The van der Waals surface area contributed by atoms with Gasteiger partial charge in [-0.2, -0.15) is 0 Å². The van der Waals surface area contributed by atoms with Crippen molar-refractivity contribution in [3.05, 3.63) is 313 Å². The van der Waals surface area contributed by atoms with Crippen LogP contribution in [0.5, 0.6) is 11.5 Å². The van der Waals surface area contributed by atoms with Crippen molar-refractivity contribution in [3.8, 4) is 78.3 Å². The summed E-state index contributed by atoms with van der Waals surface area (Å²) in [6.07, 6.45) is 0. The van der Waals surface area contributed by atoms with Gasteiger partial charge >= 0.3 is 0 Å². The van der Waals surface area contributed by atoms with Crippen LogP contribution in [0.15, 0.2) is 291 Å². The number of benzene rings is 12. The van der Waals surface area contributed by atoms with E-state index in [1.54, 1.807) is 0 Å². The minimum atomic E-state index is -0.655. The Morgan fingerprint density at radius 2 is 0.724 bits per heavy atom. The molecule has 0 bridgehead atoms. The maximum absolute atomic E-state index is 7.53. The first-order valence-electron chi connectivity index (χ1n) is 26.3. The lowest BCUT2D eigenvalue weighted by molar-refractivity contribution is 0.486. The van der Waals surface area contributed by atoms with Crippen LogP contribution < -0.4 is 26.0 Å². The Morgan fingerprint density at radius 1 is 0.289 bits per heavy atom. The van der Waals surface area contributed by atoms with Crippen LogP contribution in [0, 0.1) is 0 Å². The lowest BCUT2D eigenvalue weighted by atomic mass is 9.34. The normalized spacial score (nSPS) is 13.2. The second-order valence-electron chi connectivity index (χ2n) is 20.2. The molecular weight excluding hydrogens is 918 g/mol. The topological polar surface area (TPSA) is 12.5 Å². The molecule has 3 aliphatic rings. The van der Waals surface area contributed by atoms with Crippen LogP contribution in [0.25, 0.3) is 66.8 Å². The third kappa shape index (κ3) is 6.83. The summed E-state index contributed by atoms with van der Waals surface area (Å²) in [5.74, 6) is 1.73. The standard InChI is InChI=1S/C73H48BNO/c1-5-21-49(22-6-1)50-37-41-57(42-38-50)75-68-43-39-53(60-31-15-13-29-58(60)51-23-7-2-8-24-51)45-66(68)74-67-46-54(61-32-16-14-30-59(61)52-25-9-3-10-26-52)40-44-70(67)76-71-48-56(47-69(75)72(71)74)73(55-27-11-4-12-28-55)64-35-19-17-33-62(64)63-34-18-20-36-65(63)73/h1-48H. The summed E-state index contributed by atoms with van der Waals surface area (Å²) in [6.45, 7) is -0.179. The van der Waals surface area contributed by atoms with Crippen molar-refractivity contribution in [3.63, 3.8) is 0 Å². The van der Waals surface area contributed by atoms with Gasteiger partial charge in [-0.3, -0.25) is 0 Å². The molecule has 0 saturated carbocycles. The van der Waals surface area contributed by atoms with Gasteiger partial charge in [-0.05, 0) is 142 Å². The van der Waals surface area contributed by atoms with Crippen molar-refractivity contribution >= 4 is 40.2 Å². The van der Waals surface area contributed by atoms with E-state index in [0.717, 1.165) is 50.6 Å². The first-order chi connectivity index (χ1) is 37.7. The van der Waals surface area contributed by atoms with Crippen LogP contribution in [0.1, 0.15) is 22.3 Å². The predicted octanol–water partition coefficient (Wildman–Crippen LogP) is 16.8. The Hall–Kier alpha value is -9.70. The highest BCUT2D eigenvalue weighted by molar-refractivity contribution is 6.99. The smallest absolute Gasteiger partial charge is 0.256 e. The Balaban J connectivity index is 1.02. The first kappa shape index (κ1) is 43.8. The quantitative estimate of drug-likeness (QED) is 0.141. The molecule has 2 heterocycles. The zero-order valence-electron chi connectivity index (χ0n) is 41.6. The van der Waals surface area contributed by atoms with E-state index in [9.17, 15) is 0 Å². The van der Waals surface area contributed by atoms with Gasteiger partial charge in [0.05, 0.1) is 5.41 Å². The second kappa shape index (κ2) is 17.8. The molecule has 2 nitrogen and oxygen atoms in total. The zero-order valence-corrected chi connectivity index (χ0v) is 41.6. The summed E-state index contributed by atoms with van der Waals surface area (Å²) in [6, 6.07) is 107. The fourth-order valence-corrected chi connectivity index (χ4v) is 12.9. The number of hydrogen-bond acceptors (Lipinski definition) is 2. The molecule has 1 aliphatic carbocycles. The summed E-state index contributed by atoms with van der Waals surface area (Å²) in [4.78, 5) is 2.52. The van der Waals surface area contributed by atoms with Gasteiger partial charge in [0.2, 0.25) is 0 Å². The first-order valence-corrected chi connectivity index (χ1v) is 26.3. The van der Waals surface area contributed by atoms with Gasteiger partial charge in [0.1, 0.15) is 11.5 Å². The number of fused-ring (bicyclic) bond motifs is 7. The Morgan fingerprint density at radius 3 is 1.29 bits per heavy atom. The molecule has 0 saturated heterocycles. The van der Waals surface area contributed by atoms with Crippen molar-refractivity contribution in [1.29, 1.82) is 0 Å². The van der Waals surface area contributed by atoms with E-state index in [4.69, 9.17) is 4.74 Å². The maximum Gasteiger partial charge on any atom is 0.256 e. The van der Waals surface area contributed by atoms with E-state index in [2.05, 4.69) is 296 Å². The van der Waals surface area contributed by atoms with Crippen LogP contribution in [0.3, 0.4) is 0 Å². The number of rotatable bonds is 8. The van der Waals surface area contributed by atoms with Crippen LogP contribution in [-0.4, -0.2) is 6.71 Å². The Labute approximate surface area is 444 Å². The third-order valence-electron chi connectivity index (χ3n) is 16.2. The van der Waals surface area contributed by atoms with E-state index in [1.165, 1.54) is 83.4 Å². The van der Waals surface area contributed by atoms with E-state index >= 15 is 0 Å². The van der Waals surface area contributed by atoms with Crippen LogP contribution in [0.4, 0.5) is 17.1 Å². The highest BCUT2D eigenvalue weighted by Gasteiger charge is 2.49. The molecule has 0 atom stereocenters. The van der Waals surface area contributed by atoms with E-state index in [-0.39, 0.29) is 6.71 Å². The summed E-state index contributed by atoms with van der Waals surface area (Å²) in [5, 5.41) is 0. The molecular formula is C73H48BNO. The average molecular weight is 966 g/mol. The SMILES string of the molecule is c1ccc(-c2ccc(N3c4ccc(-c5ccccc5-c5ccccc5)cc4B4c5cc(-c6ccccc6-c6ccccc6)ccc5Oc5cc(C6(c7ccccc7)c7ccccc7-c7ccccc76)cc3c54)cc2)cc1. The van der Waals surface area contributed by atoms with E-state index in [1.807, 2.05) is 0 Å². The monoisotopic (exact) mass is 965 g/mol. The van der Waals surface area contributed by atoms with Crippen molar-refractivity contribution in [2.24, 2.45) is 0 Å². The minimum absolute atomic E-state index is 0.179. The summed E-state index contributed by atoms with van der Waals surface area (Å²) < 4.78 is 7.53. The predicted molar refractivity (Wildman–Crippen MR) is 317 cm³/mol. The molecule has 0 fully saturated rings. The van der Waals surface area contributed by atoms with Gasteiger partial charge in [0, 0.05) is 17.1 Å². The summed E-state index contributed by atoms with van der Waals surface area (Å²) in [5.41, 5.74) is 25.4. The van der Waals surface area contributed by atoms with Crippen molar-refractivity contribution < 1.29 is 4.74 Å². The van der Waals surface area contributed by atoms with Gasteiger partial charge in [-0.15, -0.1) is 0 Å². The second-order valence-corrected chi connectivity index (χ2v) is 20.2. The van der Waals surface area contributed by atoms with Crippen molar-refractivity contribution in [2.45, 2.75) is 5.41 Å². The highest BCUT2D eigenvalue weighted by atomic mass is 16.5. The molecule has 0 spiro atoms. The lowest BCUT2D eigenvalue weighted by Crippen LogP contribution is -2.59. The third-order valence-corrected chi connectivity index (χ3v) is 16.2. The summed E-state index contributed by atoms with van der Waals surface area (Å²) in [7, 11) is 0. The molecule has 12 aromatic carbocycles. The molecule has 12 aromatic rings. The number of anilines is 3. The molecule has 0 amide bonds. The van der Waals surface area contributed by atoms with Crippen LogP contribution >= 0.6 is 0 Å². The Kier molecular flexibility index (Phi) is 10.2. The molecule has 0 radical (unpaired) electrons. The molecule has 0 N–H and O–H groups in total. The minimum Gasteiger partial charge on any atom is -0.458 e. The van der Waals surface area contributed by atoms with Gasteiger partial charge < -0.3 is 9.64 Å². The van der Waals surface area contributed by atoms with Gasteiger partial charge in [0.25, 0.3) is 6.71 Å². The lowest BCUT2D eigenvalue weighted by Gasteiger charge is -2.42. The van der Waals surface area contributed by atoms with Gasteiger partial charge in [-0.25, -0.2) is 0 Å². The number of ether oxygens (including phenoxy) is 1. The maximum atomic E-state index is 7.53. The fourth-order valence-electron chi connectivity index (χ4n) is 12.9. The van der Waals surface area contributed by atoms with Gasteiger partial charge in [0.15, 0.2) is 0 Å². The molecule has 354 valence electrons. The average Bonchev–Trinajstić information content (AvgIpc) is 3.82. The molecule has 15 rings (SSSR count). The van der Waals surface area contributed by atoms with Crippen molar-refractivity contribution in [1.82, 2.24) is 0 Å². The Bertz CT molecular complexity index is 4150. The largest absolute Gasteiger partial charge is 0.458 e. The molecule has 0 unspecified atom stereocenters. The number of nitrogens with zero attached hydrogens (tertiary/aromatic N) is 1.